The molecule has 0 bridgehead atoms. The number of rotatable bonds is 2. The van der Waals surface area contributed by atoms with E-state index in [1.54, 1.807) is 35.1 Å². The Morgan fingerprint density at radius 2 is 2.26 bits per heavy atom. The van der Waals surface area contributed by atoms with Crippen LogP contribution in [-0.4, -0.2) is 27.1 Å². The molecule has 1 aliphatic heterocycles. The molecule has 4 rings (SSSR count). The van der Waals surface area contributed by atoms with E-state index in [-0.39, 0.29) is 11.9 Å². The number of hydrogen-bond acceptors (Lipinski definition) is 4. The lowest BCUT2D eigenvalue weighted by atomic mass is 10.00. The Balaban J connectivity index is 1.61. The molecule has 0 unspecified atom stereocenters. The van der Waals surface area contributed by atoms with Gasteiger partial charge in [0.15, 0.2) is 5.65 Å². The first kappa shape index (κ1) is 14.0. The summed E-state index contributed by atoms with van der Waals surface area (Å²) in [6, 6.07) is 8.94. The van der Waals surface area contributed by atoms with Gasteiger partial charge in [0.2, 0.25) is 0 Å². The number of para-hydroxylation sites is 1. The maximum Gasteiger partial charge on any atom is 0.253 e. The van der Waals surface area contributed by atoms with Gasteiger partial charge in [-0.05, 0) is 18.2 Å². The average Bonchev–Trinajstić information content (AvgIpc) is 3.03. The number of nitrogens with one attached hydrogen (secondary N) is 1. The lowest BCUT2D eigenvalue weighted by Crippen LogP contribution is -2.32. The lowest BCUT2D eigenvalue weighted by Gasteiger charge is -2.27. The molecule has 3 aromatic rings. The maximum absolute atomic E-state index is 12.5. The second-order valence-corrected chi connectivity index (χ2v) is 5.74. The van der Waals surface area contributed by atoms with E-state index in [1.807, 2.05) is 12.1 Å². The van der Waals surface area contributed by atoms with Crippen LogP contribution in [0.5, 0.6) is 5.75 Å². The van der Waals surface area contributed by atoms with Crippen LogP contribution >= 0.6 is 11.6 Å². The van der Waals surface area contributed by atoms with Crippen molar-refractivity contribution < 1.29 is 9.53 Å². The number of ether oxygens (including phenoxy) is 1. The van der Waals surface area contributed by atoms with Gasteiger partial charge in [-0.25, -0.2) is 0 Å². The molecule has 7 heteroatoms. The first-order chi connectivity index (χ1) is 11.2. The number of hydrogen-bond donors (Lipinski definition) is 1. The summed E-state index contributed by atoms with van der Waals surface area (Å²) < 4.78 is 7.33. The van der Waals surface area contributed by atoms with Crippen LogP contribution in [0.3, 0.4) is 0 Å². The molecular formula is C16H13ClN4O2. The predicted molar refractivity (Wildman–Crippen MR) is 84.8 cm³/mol. The van der Waals surface area contributed by atoms with Gasteiger partial charge in [-0.3, -0.25) is 9.20 Å². The molecule has 3 heterocycles. The zero-order valence-electron chi connectivity index (χ0n) is 12.1. The maximum atomic E-state index is 12.5. The summed E-state index contributed by atoms with van der Waals surface area (Å²) in [6.45, 7) is 0.520. The van der Waals surface area contributed by atoms with Gasteiger partial charge in [-0.15, -0.1) is 10.2 Å². The van der Waals surface area contributed by atoms with Crippen LogP contribution in [0.2, 0.25) is 5.02 Å². The van der Waals surface area contributed by atoms with Crippen LogP contribution < -0.4 is 10.1 Å². The number of carbonyl (C=O) groups excluding carboxylic acids is 1. The summed E-state index contributed by atoms with van der Waals surface area (Å²) in [5, 5.41) is 11.3. The number of aromatic nitrogens is 3. The number of pyridine rings is 1. The largest absolute Gasteiger partial charge is 0.492 e. The molecule has 23 heavy (non-hydrogen) atoms. The monoisotopic (exact) mass is 328 g/mol. The van der Waals surface area contributed by atoms with Crippen LogP contribution in [-0.2, 0) is 0 Å². The fourth-order valence-electron chi connectivity index (χ4n) is 2.74. The van der Waals surface area contributed by atoms with E-state index in [9.17, 15) is 4.79 Å². The van der Waals surface area contributed by atoms with Crippen molar-refractivity contribution in [3.8, 4) is 5.75 Å². The first-order valence-electron chi connectivity index (χ1n) is 7.24. The summed E-state index contributed by atoms with van der Waals surface area (Å²) >= 11 is 6.16. The fourth-order valence-corrected chi connectivity index (χ4v) is 2.98. The summed E-state index contributed by atoms with van der Waals surface area (Å²) in [4.78, 5) is 12.5. The molecule has 1 aromatic carbocycles. The molecule has 1 atom stereocenters. The first-order valence-corrected chi connectivity index (χ1v) is 7.61. The number of amides is 1. The van der Waals surface area contributed by atoms with Gasteiger partial charge in [0.25, 0.3) is 5.91 Å². The third kappa shape index (κ3) is 2.51. The van der Waals surface area contributed by atoms with Crippen molar-refractivity contribution >= 4 is 23.2 Å². The minimum absolute atomic E-state index is 0.124. The second-order valence-electron chi connectivity index (χ2n) is 5.34. The Labute approximate surface area is 137 Å². The van der Waals surface area contributed by atoms with Gasteiger partial charge in [0, 0.05) is 18.2 Å². The van der Waals surface area contributed by atoms with Crippen LogP contribution in [0.25, 0.3) is 5.65 Å². The summed E-state index contributed by atoms with van der Waals surface area (Å²) in [6.07, 6.45) is 3.98. The van der Waals surface area contributed by atoms with Crippen molar-refractivity contribution in [3.05, 3.63) is 59.0 Å². The smallest absolute Gasteiger partial charge is 0.253 e. The second kappa shape index (κ2) is 5.55. The molecule has 1 N–H and O–H groups in total. The van der Waals surface area contributed by atoms with Crippen molar-refractivity contribution in [2.75, 3.05) is 6.61 Å². The van der Waals surface area contributed by atoms with Crippen LogP contribution in [0.4, 0.5) is 0 Å². The molecule has 1 amide bonds. The Morgan fingerprint density at radius 3 is 3.17 bits per heavy atom. The van der Waals surface area contributed by atoms with Crippen molar-refractivity contribution in [3.63, 3.8) is 0 Å². The Bertz CT molecular complexity index is 893. The Hall–Kier alpha value is -2.60. The van der Waals surface area contributed by atoms with Gasteiger partial charge < -0.3 is 10.1 Å². The molecule has 2 aromatic heterocycles. The minimum atomic E-state index is -0.154. The van der Waals surface area contributed by atoms with E-state index in [4.69, 9.17) is 16.3 Å². The molecule has 0 fully saturated rings. The van der Waals surface area contributed by atoms with Gasteiger partial charge in [0.05, 0.1) is 23.2 Å². The molecule has 0 spiro atoms. The predicted octanol–water partition coefficient (Wildman–Crippen LogP) is 2.64. The molecule has 0 aliphatic carbocycles. The van der Waals surface area contributed by atoms with Crippen LogP contribution in [0, 0.1) is 0 Å². The van der Waals surface area contributed by atoms with E-state index in [0.29, 0.717) is 35.0 Å². The highest BCUT2D eigenvalue weighted by Crippen LogP contribution is 2.37. The molecular weight excluding hydrogens is 316 g/mol. The molecule has 0 radical (unpaired) electrons. The van der Waals surface area contributed by atoms with Gasteiger partial charge in [0.1, 0.15) is 12.1 Å². The van der Waals surface area contributed by atoms with Gasteiger partial charge in [-0.1, -0.05) is 23.7 Å². The van der Waals surface area contributed by atoms with Crippen LogP contribution in [0.15, 0.2) is 42.9 Å². The van der Waals surface area contributed by atoms with Crippen molar-refractivity contribution in [1.82, 2.24) is 19.9 Å². The number of carbonyl (C=O) groups is 1. The third-order valence-corrected chi connectivity index (χ3v) is 4.18. The van der Waals surface area contributed by atoms with Gasteiger partial charge in [-0.2, -0.15) is 0 Å². The van der Waals surface area contributed by atoms with Crippen LogP contribution in [0.1, 0.15) is 28.4 Å². The average molecular weight is 329 g/mol. The van der Waals surface area contributed by atoms with E-state index < -0.39 is 0 Å². The summed E-state index contributed by atoms with van der Waals surface area (Å²) in [5.41, 5.74) is 2.15. The van der Waals surface area contributed by atoms with E-state index >= 15 is 0 Å². The molecule has 6 nitrogen and oxygen atoms in total. The standard InChI is InChI=1S/C16H13ClN4O2/c17-12-3-1-2-11-13(6-7-23-15(11)12)19-16(22)10-4-5-14-20-18-9-21(14)8-10/h1-5,8-9,13H,6-7H2,(H,19,22)/t13-/m0/s1. The highest BCUT2D eigenvalue weighted by Gasteiger charge is 2.25. The highest BCUT2D eigenvalue weighted by atomic mass is 35.5. The Kier molecular flexibility index (Phi) is 3.38. The quantitative estimate of drug-likeness (QED) is 0.785. The summed E-state index contributed by atoms with van der Waals surface area (Å²) in [7, 11) is 0. The number of fused-ring (bicyclic) bond motifs is 2. The van der Waals surface area contributed by atoms with Crippen molar-refractivity contribution in [2.24, 2.45) is 0 Å². The zero-order chi connectivity index (χ0) is 15.8. The molecule has 0 saturated heterocycles. The van der Waals surface area contributed by atoms with Crippen molar-refractivity contribution in [2.45, 2.75) is 12.5 Å². The van der Waals surface area contributed by atoms with E-state index in [1.165, 1.54) is 0 Å². The number of benzene rings is 1. The molecule has 0 saturated carbocycles. The highest BCUT2D eigenvalue weighted by molar-refractivity contribution is 6.32. The number of halogens is 1. The SMILES string of the molecule is O=C(N[C@H]1CCOc2c(Cl)cccc21)c1ccc2nncn2c1. The van der Waals surface area contributed by atoms with Crippen molar-refractivity contribution in [1.29, 1.82) is 0 Å². The third-order valence-electron chi connectivity index (χ3n) is 3.88. The Morgan fingerprint density at radius 1 is 1.35 bits per heavy atom. The zero-order valence-corrected chi connectivity index (χ0v) is 12.8. The minimum Gasteiger partial charge on any atom is -0.492 e. The summed E-state index contributed by atoms with van der Waals surface area (Å²) in [5.74, 6) is 0.499. The van der Waals surface area contributed by atoms with E-state index in [0.717, 1.165) is 5.56 Å². The normalized spacial score (nSPS) is 16.7. The van der Waals surface area contributed by atoms with E-state index in [2.05, 4.69) is 15.5 Å². The molecule has 116 valence electrons. The fraction of sp³-hybridized carbons (Fsp3) is 0.188. The lowest BCUT2D eigenvalue weighted by molar-refractivity contribution is 0.0924. The topological polar surface area (TPSA) is 68.5 Å². The number of nitrogens with zero attached hydrogens (tertiary/aromatic N) is 3. The van der Waals surface area contributed by atoms with Gasteiger partial charge >= 0.3 is 0 Å². The molecule has 1 aliphatic rings.